The molecule has 0 spiro atoms. The van der Waals surface area contributed by atoms with Gasteiger partial charge in [0, 0.05) is 0 Å². The average molecular weight is 318 g/mol. The van der Waals surface area contributed by atoms with E-state index in [1.807, 2.05) is 37.3 Å². The molecule has 1 aliphatic heterocycles. The van der Waals surface area contributed by atoms with Crippen LogP contribution in [0.2, 0.25) is 0 Å². The zero-order chi connectivity index (χ0) is 17.0. The zero-order valence-electron chi connectivity index (χ0n) is 13.7. The van der Waals surface area contributed by atoms with E-state index in [1.165, 1.54) is 4.90 Å². The molecule has 6 nitrogen and oxygen atoms in total. The molecule has 1 fully saturated rings. The first-order chi connectivity index (χ1) is 11.0. The van der Waals surface area contributed by atoms with Gasteiger partial charge in [0.05, 0.1) is 12.6 Å². The summed E-state index contributed by atoms with van der Waals surface area (Å²) in [5.41, 5.74) is 0.973. The third-order valence-electron chi connectivity index (χ3n) is 4.10. The van der Waals surface area contributed by atoms with Gasteiger partial charge in [0.2, 0.25) is 11.8 Å². The molecule has 1 aliphatic rings. The number of amides is 2. The number of carbonyl (C=O) groups is 3. The molecule has 1 aromatic rings. The molecule has 0 aliphatic carbocycles. The van der Waals surface area contributed by atoms with Gasteiger partial charge in [-0.2, -0.15) is 0 Å². The number of piperazine rings is 1. The molecule has 124 valence electrons. The molecule has 2 atom stereocenters. The van der Waals surface area contributed by atoms with Crippen LogP contribution in [-0.2, 0) is 19.1 Å². The number of hydrogen-bond donors (Lipinski definition) is 0. The number of benzene rings is 1. The molecule has 0 unspecified atom stereocenters. The van der Waals surface area contributed by atoms with Crippen LogP contribution in [0.1, 0.15) is 32.4 Å². The van der Waals surface area contributed by atoms with Crippen molar-refractivity contribution in [2.24, 2.45) is 0 Å². The summed E-state index contributed by atoms with van der Waals surface area (Å²) in [5, 5.41) is 0. The molecule has 0 saturated carbocycles. The van der Waals surface area contributed by atoms with Crippen molar-refractivity contribution >= 4 is 17.8 Å². The smallest absolute Gasteiger partial charge is 0.328 e. The average Bonchev–Trinajstić information content (AvgIpc) is 2.56. The van der Waals surface area contributed by atoms with Crippen LogP contribution in [0.5, 0.6) is 0 Å². The second kappa shape index (κ2) is 7.26. The highest BCUT2D eigenvalue weighted by Crippen LogP contribution is 2.23. The normalized spacial score (nSPS) is 17.9. The predicted molar refractivity (Wildman–Crippen MR) is 84.4 cm³/mol. The number of carbonyl (C=O) groups excluding carboxylic acids is 3. The molecule has 23 heavy (non-hydrogen) atoms. The van der Waals surface area contributed by atoms with Crippen LogP contribution in [0.25, 0.3) is 0 Å². The Kier molecular flexibility index (Phi) is 5.36. The molecule has 0 radical (unpaired) electrons. The highest BCUT2D eigenvalue weighted by Gasteiger charge is 2.37. The first-order valence-electron chi connectivity index (χ1n) is 7.76. The summed E-state index contributed by atoms with van der Waals surface area (Å²) in [6, 6.07) is 8.62. The Hall–Kier alpha value is -2.37. The topological polar surface area (TPSA) is 66.9 Å². The van der Waals surface area contributed by atoms with Crippen LogP contribution in [0.4, 0.5) is 0 Å². The van der Waals surface area contributed by atoms with E-state index in [4.69, 9.17) is 4.74 Å². The van der Waals surface area contributed by atoms with E-state index in [-0.39, 0.29) is 37.6 Å². The monoisotopic (exact) mass is 318 g/mol. The summed E-state index contributed by atoms with van der Waals surface area (Å²) < 4.78 is 4.93. The Balaban J connectivity index is 2.09. The van der Waals surface area contributed by atoms with Gasteiger partial charge < -0.3 is 14.5 Å². The van der Waals surface area contributed by atoms with Crippen molar-refractivity contribution in [3.05, 3.63) is 35.9 Å². The Bertz CT molecular complexity index is 588. The quantitative estimate of drug-likeness (QED) is 0.769. The summed E-state index contributed by atoms with van der Waals surface area (Å²) in [4.78, 5) is 39.4. The Labute approximate surface area is 136 Å². The summed E-state index contributed by atoms with van der Waals surface area (Å²) in [7, 11) is 0. The summed E-state index contributed by atoms with van der Waals surface area (Å²) >= 11 is 0. The fourth-order valence-electron chi connectivity index (χ4n) is 2.66. The molecule has 6 heteroatoms. The van der Waals surface area contributed by atoms with Gasteiger partial charge in [-0.05, 0) is 26.3 Å². The zero-order valence-corrected chi connectivity index (χ0v) is 13.7. The lowest BCUT2D eigenvalue weighted by molar-refractivity contribution is -0.162. The van der Waals surface area contributed by atoms with Gasteiger partial charge in [0.15, 0.2) is 0 Å². The van der Waals surface area contributed by atoms with E-state index in [0.717, 1.165) is 5.56 Å². The van der Waals surface area contributed by atoms with Crippen molar-refractivity contribution < 1.29 is 19.1 Å². The number of esters is 1. The van der Waals surface area contributed by atoms with Crippen LogP contribution in [-0.4, -0.2) is 53.3 Å². The van der Waals surface area contributed by atoms with Crippen molar-refractivity contribution in [2.75, 3.05) is 19.7 Å². The van der Waals surface area contributed by atoms with E-state index in [1.54, 1.807) is 18.7 Å². The highest BCUT2D eigenvalue weighted by molar-refractivity contribution is 5.95. The Morgan fingerprint density at radius 2 is 1.65 bits per heavy atom. The van der Waals surface area contributed by atoms with E-state index in [9.17, 15) is 14.4 Å². The minimum atomic E-state index is -0.749. The minimum absolute atomic E-state index is 0.0291. The molecule has 0 aromatic heterocycles. The summed E-state index contributed by atoms with van der Waals surface area (Å²) in [6.07, 6.45) is 0. The van der Waals surface area contributed by atoms with Crippen LogP contribution in [0.15, 0.2) is 30.3 Å². The van der Waals surface area contributed by atoms with Crippen molar-refractivity contribution in [1.29, 1.82) is 0 Å². The number of ether oxygens (including phenoxy) is 1. The van der Waals surface area contributed by atoms with Crippen LogP contribution < -0.4 is 0 Å². The Morgan fingerprint density at radius 3 is 2.26 bits per heavy atom. The summed E-state index contributed by atoms with van der Waals surface area (Å²) in [6.45, 7) is 5.30. The molecule has 0 bridgehead atoms. The maximum absolute atomic E-state index is 12.4. The predicted octanol–water partition coefficient (Wildman–Crippen LogP) is 1.37. The number of hydrogen-bond acceptors (Lipinski definition) is 4. The lowest BCUT2D eigenvalue weighted by Gasteiger charge is -2.39. The summed E-state index contributed by atoms with van der Waals surface area (Å²) in [5.74, 6) is -0.900. The SMILES string of the molecule is CCOC(=O)[C@H](C)N1CC(=O)N([C@H](C)c2ccccc2)CC1=O. The number of nitrogens with zero attached hydrogens (tertiary/aromatic N) is 2. The standard InChI is InChI=1S/C17H22N2O4/c1-4-23-17(22)13(3)19-11-15(20)18(10-16(19)21)12(2)14-8-6-5-7-9-14/h5-9,12-13H,4,10-11H2,1-3H3/t12-,13+/m1/s1. The van der Waals surface area contributed by atoms with Gasteiger partial charge in [-0.1, -0.05) is 30.3 Å². The first kappa shape index (κ1) is 17.0. The molecule has 1 aromatic carbocycles. The molecular formula is C17H22N2O4. The third kappa shape index (κ3) is 3.70. The fourth-order valence-corrected chi connectivity index (χ4v) is 2.66. The largest absolute Gasteiger partial charge is 0.464 e. The second-order valence-corrected chi connectivity index (χ2v) is 5.56. The molecular weight excluding hydrogens is 296 g/mol. The van der Waals surface area contributed by atoms with E-state index in [2.05, 4.69) is 0 Å². The molecule has 2 amide bonds. The minimum Gasteiger partial charge on any atom is -0.464 e. The first-order valence-corrected chi connectivity index (χ1v) is 7.76. The van der Waals surface area contributed by atoms with Crippen LogP contribution >= 0.6 is 0 Å². The van der Waals surface area contributed by atoms with Crippen molar-refractivity contribution in [1.82, 2.24) is 9.80 Å². The van der Waals surface area contributed by atoms with Gasteiger partial charge >= 0.3 is 5.97 Å². The molecule has 1 saturated heterocycles. The van der Waals surface area contributed by atoms with Gasteiger partial charge in [0.1, 0.15) is 19.1 Å². The van der Waals surface area contributed by atoms with Crippen molar-refractivity contribution in [2.45, 2.75) is 32.9 Å². The molecule has 1 heterocycles. The lowest BCUT2D eigenvalue weighted by Crippen LogP contribution is -2.58. The van der Waals surface area contributed by atoms with Gasteiger partial charge in [-0.15, -0.1) is 0 Å². The molecule has 2 rings (SSSR count). The fraction of sp³-hybridized carbons (Fsp3) is 0.471. The van der Waals surface area contributed by atoms with Gasteiger partial charge in [0.25, 0.3) is 0 Å². The highest BCUT2D eigenvalue weighted by atomic mass is 16.5. The van der Waals surface area contributed by atoms with E-state index in [0.29, 0.717) is 0 Å². The van der Waals surface area contributed by atoms with E-state index >= 15 is 0 Å². The van der Waals surface area contributed by atoms with Crippen LogP contribution in [0, 0.1) is 0 Å². The van der Waals surface area contributed by atoms with Gasteiger partial charge in [-0.25, -0.2) is 4.79 Å². The third-order valence-corrected chi connectivity index (χ3v) is 4.10. The lowest BCUT2D eigenvalue weighted by atomic mass is 10.1. The van der Waals surface area contributed by atoms with E-state index < -0.39 is 12.0 Å². The maximum Gasteiger partial charge on any atom is 0.328 e. The Morgan fingerprint density at radius 1 is 1.09 bits per heavy atom. The molecule has 0 N–H and O–H groups in total. The van der Waals surface area contributed by atoms with Crippen molar-refractivity contribution in [3.8, 4) is 0 Å². The number of rotatable bonds is 5. The van der Waals surface area contributed by atoms with Crippen molar-refractivity contribution in [3.63, 3.8) is 0 Å². The van der Waals surface area contributed by atoms with Gasteiger partial charge in [-0.3, -0.25) is 9.59 Å². The second-order valence-electron chi connectivity index (χ2n) is 5.56. The van der Waals surface area contributed by atoms with Crippen LogP contribution in [0.3, 0.4) is 0 Å². The maximum atomic E-state index is 12.4.